The lowest BCUT2D eigenvalue weighted by Gasteiger charge is -2.22. The molecular weight excluding hydrogens is 266 g/mol. The summed E-state index contributed by atoms with van der Waals surface area (Å²) in [4.78, 5) is 12.2. The summed E-state index contributed by atoms with van der Waals surface area (Å²) >= 11 is 0. The molecule has 2 rings (SSSR count). The average molecular weight is 287 g/mol. The van der Waals surface area contributed by atoms with Gasteiger partial charge in [0, 0.05) is 24.4 Å². The van der Waals surface area contributed by atoms with E-state index >= 15 is 0 Å². The molecule has 0 aliphatic heterocycles. The second-order valence-corrected chi connectivity index (χ2v) is 5.74. The van der Waals surface area contributed by atoms with Crippen LogP contribution in [0.5, 0.6) is 0 Å². The predicted octanol–water partition coefficient (Wildman–Crippen LogP) is 1.67. The van der Waals surface area contributed by atoms with Crippen LogP contribution >= 0.6 is 0 Å². The van der Waals surface area contributed by atoms with Gasteiger partial charge in [-0.05, 0) is 32.9 Å². The summed E-state index contributed by atoms with van der Waals surface area (Å²) in [5.41, 5.74) is 2.21. The van der Waals surface area contributed by atoms with Crippen LogP contribution < -0.4 is 5.32 Å². The molecule has 1 unspecified atom stereocenters. The Morgan fingerprint density at radius 2 is 1.95 bits per heavy atom. The number of aromatic nitrogens is 2. The zero-order valence-electron chi connectivity index (χ0n) is 12.8. The van der Waals surface area contributed by atoms with Gasteiger partial charge in [-0.2, -0.15) is 5.10 Å². The van der Waals surface area contributed by atoms with Gasteiger partial charge in [0.25, 0.3) is 5.91 Å². The van der Waals surface area contributed by atoms with Crippen molar-refractivity contribution >= 4 is 5.91 Å². The zero-order valence-corrected chi connectivity index (χ0v) is 12.8. The fraction of sp³-hybridized carbons (Fsp3) is 0.375. The summed E-state index contributed by atoms with van der Waals surface area (Å²) in [6.45, 7) is 5.70. The summed E-state index contributed by atoms with van der Waals surface area (Å²) in [7, 11) is 1.79. The highest BCUT2D eigenvalue weighted by Crippen LogP contribution is 2.18. The van der Waals surface area contributed by atoms with Crippen LogP contribution in [0.4, 0.5) is 0 Å². The first kappa shape index (κ1) is 15.3. The van der Waals surface area contributed by atoms with Crippen LogP contribution in [0.15, 0.2) is 30.6 Å². The van der Waals surface area contributed by atoms with Gasteiger partial charge in [0.2, 0.25) is 0 Å². The van der Waals surface area contributed by atoms with Crippen molar-refractivity contribution in [1.29, 1.82) is 0 Å². The van der Waals surface area contributed by atoms with E-state index in [1.165, 1.54) is 0 Å². The van der Waals surface area contributed by atoms with Gasteiger partial charge < -0.3 is 10.4 Å². The molecule has 2 N–H and O–H groups in total. The van der Waals surface area contributed by atoms with E-state index in [4.69, 9.17) is 0 Å². The molecule has 1 amide bonds. The van der Waals surface area contributed by atoms with E-state index in [-0.39, 0.29) is 12.5 Å². The Hall–Kier alpha value is -2.14. The lowest BCUT2D eigenvalue weighted by molar-refractivity contribution is 0.0526. The Kier molecular flexibility index (Phi) is 4.14. The summed E-state index contributed by atoms with van der Waals surface area (Å²) < 4.78 is 1.62. The lowest BCUT2D eigenvalue weighted by atomic mass is 9.99. The molecule has 1 atom stereocenters. The summed E-state index contributed by atoms with van der Waals surface area (Å²) in [6, 6.07) is 5.69. The summed E-state index contributed by atoms with van der Waals surface area (Å²) in [6.07, 6.45) is 3.34. The number of rotatable bonds is 4. The molecule has 21 heavy (non-hydrogen) atoms. The van der Waals surface area contributed by atoms with Gasteiger partial charge >= 0.3 is 0 Å². The number of nitrogens with zero attached hydrogens (tertiary/aromatic N) is 2. The highest BCUT2D eigenvalue weighted by Gasteiger charge is 2.25. The van der Waals surface area contributed by atoms with Crippen molar-refractivity contribution in [2.75, 3.05) is 6.54 Å². The largest absolute Gasteiger partial charge is 0.383 e. The molecule has 1 aromatic heterocycles. The molecule has 2 aromatic rings. The van der Waals surface area contributed by atoms with E-state index in [1.54, 1.807) is 31.0 Å². The van der Waals surface area contributed by atoms with E-state index in [9.17, 15) is 9.90 Å². The first-order valence-corrected chi connectivity index (χ1v) is 6.86. The molecule has 0 fully saturated rings. The molecule has 0 radical (unpaired) electrons. The minimum Gasteiger partial charge on any atom is -0.383 e. The molecule has 0 aliphatic rings. The van der Waals surface area contributed by atoms with Crippen LogP contribution in [0.25, 0.3) is 0 Å². The number of aliphatic hydroxyl groups is 1. The predicted molar refractivity (Wildman–Crippen MR) is 81.0 cm³/mol. The van der Waals surface area contributed by atoms with Crippen molar-refractivity contribution in [1.82, 2.24) is 15.1 Å². The maximum atomic E-state index is 12.2. The van der Waals surface area contributed by atoms with E-state index in [0.717, 1.165) is 11.1 Å². The average Bonchev–Trinajstić information content (AvgIpc) is 2.82. The Morgan fingerprint density at radius 3 is 2.48 bits per heavy atom. The summed E-state index contributed by atoms with van der Waals surface area (Å²) in [5, 5.41) is 17.2. The molecule has 0 spiro atoms. The van der Waals surface area contributed by atoms with Gasteiger partial charge in [-0.1, -0.05) is 17.2 Å². The number of hydrogen-bond donors (Lipinski definition) is 2. The van der Waals surface area contributed by atoms with Crippen LogP contribution in [0.2, 0.25) is 0 Å². The van der Waals surface area contributed by atoms with Crippen LogP contribution in [-0.2, 0) is 12.6 Å². The Morgan fingerprint density at radius 1 is 1.33 bits per heavy atom. The van der Waals surface area contributed by atoms with E-state index in [0.29, 0.717) is 11.1 Å². The topological polar surface area (TPSA) is 67.2 Å². The SMILES string of the molecule is Cc1cc(C)cc(C(=O)NCC(C)(O)c2cnn(C)c2)c1. The van der Waals surface area contributed by atoms with Crippen molar-refractivity contribution < 1.29 is 9.90 Å². The minimum absolute atomic E-state index is 0.129. The lowest BCUT2D eigenvalue weighted by Crippen LogP contribution is -2.38. The fourth-order valence-corrected chi connectivity index (χ4v) is 2.26. The molecule has 5 heteroatoms. The fourth-order valence-electron chi connectivity index (χ4n) is 2.26. The van der Waals surface area contributed by atoms with E-state index in [1.807, 2.05) is 32.0 Å². The third-order valence-electron chi connectivity index (χ3n) is 3.40. The number of nitrogens with one attached hydrogen (secondary N) is 1. The van der Waals surface area contributed by atoms with Gasteiger partial charge in [-0.25, -0.2) is 0 Å². The minimum atomic E-state index is -1.15. The molecular formula is C16H21N3O2. The number of amides is 1. The van der Waals surface area contributed by atoms with E-state index < -0.39 is 5.60 Å². The van der Waals surface area contributed by atoms with Gasteiger partial charge in [0.15, 0.2) is 0 Å². The molecule has 112 valence electrons. The first-order chi connectivity index (χ1) is 9.78. The summed E-state index contributed by atoms with van der Waals surface area (Å²) in [5.74, 6) is -0.189. The Balaban J connectivity index is 2.06. The number of benzene rings is 1. The molecule has 0 aliphatic carbocycles. The smallest absolute Gasteiger partial charge is 0.251 e. The van der Waals surface area contributed by atoms with Crippen molar-refractivity contribution in [3.8, 4) is 0 Å². The van der Waals surface area contributed by atoms with Crippen LogP contribution in [0.1, 0.15) is 34.0 Å². The van der Waals surface area contributed by atoms with Crippen molar-refractivity contribution in [3.63, 3.8) is 0 Å². The third-order valence-corrected chi connectivity index (χ3v) is 3.40. The van der Waals surface area contributed by atoms with Crippen LogP contribution in [0.3, 0.4) is 0 Å². The molecule has 0 saturated carbocycles. The number of carbonyl (C=O) groups is 1. The second-order valence-electron chi connectivity index (χ2n) is 5.74. The Bertz CT molecular complexity index is 639. The van der Waals surface area contributed by atoms with Crippen LogP contribution in [-0.4, -0.2) is 27.3 Å². The highest BCUT2D eigenvalue weighted by atomic mass is 16.3. The molecule has 0 saturated heterocycles. The van der Waals surface area contributed by atoms with Crippen molar-refractivity contribution in [2.24, 2.45) is 7.05 Å². The van der Waals surface area contributed by atoms with Gasteiger partial charge in [0.1, 0.15) is 5.60 Å². The maximum absolute atomic E-state index is 12.2. The Labute approximate surface area is 124 Å². The zero-order chi connectivity index (χ0) is 15.6. The highest BCUT2D eigenvalue weighted by molar-refractivity contribution is 5.94. The monoisotopic (exact) mass is 287 g/mol. The standard InChI is InChI=1S/C16H21N3O2/c1-11-5-12(2)7-13(6-11)15(20)17-10-16(3,21)14-8-18-19(4)9-14/h5-9,21H,10H2,1-4H3,(H,17,20). The first-order valence-electron chi connectivity index (χ1n) is 6.86. The number of aryl methyl sites for hydroxylation is 3. The van der Waals surface area contributed by atoms with Gasteiger partial charge in [-0.3, -0.25) is 9.48 Å². The normalized spacial score (nSPS) is 13.8. The number of carbonyl (C=O) groups excluding carboxylic acids is 1. The van der Waals surface area contributed by atoms with Crippen LogP contribution in [0, 0.1) is 13.8 Å². The molecule has 5 nitrogen and oxygen atoms in total. The quantitative estimate of drug-likeness (QED) is 0.899. The van der Waals surface area contributed by atoms with Gasteiger partial charge in [0.05, 0.1) is 12.7 Å². The molecule has 1 aromatic carbocycles. The van der Waals surface area contributed by atoms with Gasteiger partial charge in [-0.15, -0.1) is 0 Å². The van der Waals surface area contributed by atoms with Crippen molar-refractivity contribution in [2.45, 2.75) is 26.4 Å². The second kappa shape index (κ2) is 5.69. The number of hydrogen-bond acceptors (Lipinski definition) is 3. The molecule has 1 heterocycles. The molecule has 0 bridgehead atoms. The maximum Gasteiger partial charge on any atom is 0.251 e. The third kappa shape index (κ3) is 3.70. The van der Waals surface area contributed by atoms with E-state index in [2.05, 4.69) is 10.4 Å². The van der Waals surface area contributed by atoms with Crippen molar-refractivity contribution in [3.05, 3.63) is 52.8 Å².